The first-order valence-electron chi connectivity index (χ1n) is 11.9. The second-order valence-electron chi connectivity index (χ2n) is 9.54. The first-order valence-corrected chi connectivity index (χ1v) is 11.9. The zero-order chi connectivity index (χ0) is 23.4. The molecule has 0 N–H and O–H groups in total. The van der Waals surface area contributed by atoms with Crippen LogP contribution in [0, 0.1) is 23.7 Å². The van der Waals surface area contributed by atoms with Gasteiger partial charge in [-0.05, 0) is 60.7 Å². The van der Waals surface area contributed by atoms with Gasteiger partial charge in [0.15, 0.2) is 0 Å². The summed E-state index contributed by atoms with van der Waals surface area (Å²) in [4.78, 5) is 45.0. The van der Waals surface area contributed by atoms with Crippen LogP contribution in [0.2, 0.25) is 0 Å². The minimum absolute atomic E-state index is 0.0720. The molecular formula is C27H27N3O4. The maximum absolute atomic E-state index is 13.3. The smallest absolute Gasteiger partial charge is 0.254 e. The normalized spacial score (nSPS) is 27.5. The molecule has 2 aromatic rings. The van der Waals surface area contributed by atoms with E-state index in [1.54, 1.807) is 31.4 Å². The van der Waals surface area contributed by atoms with Gasteiger partial charge >= 0.3 is 0 Å². The molecule has 7 nitrogen and oxygen atoms in total. The standard InChI is InChI=1S/C27H27N3O4/c1-34-22-9-7-20(8-10-22)28-11-13-29(14-12-28)25(31)19-3-2-4-21(16-19)30-26(32)23-17-5-6-18(15-17)24(23)27(30)33/h2-10,16-18,23-24H,11-15H2,1H3/t17-,18-,23-,24+/m0/s1. The number of amides is 3. The van der Waals surface area contributed by atoms with E-state index < -0.39 is 0 Å². The van der Waals surface area contributed by atoms with Crippen LogP contribution in [0.1, 0.15) is 16.8 Å². The third-order valence-electron chi connectivity index (χ3n) is 7.83. The molecule has 3 amide bonds. The molecule has 6 rings (SSSR count). The van der Waals surface area contributed by atoms with E-state index in [4.69, 9.17) is 4.74 Å². The van der Waals surface area contributed by atoms with Gasteiger partial charge < -0.3 is 14.5 Å². The summed E-state index contributed by atoms with van der Waals surface area (Å²) in [6.07, 6.45) is 5.08. The molecular weight excluding hydrogens is 430 g/mol. The van der Waals surface area contributed by atoms with Crippen molar-refractivity contribution >= 4 is 29.1 Å². The Labute approximate surface area is 198 Å². The van der Waals surface area contributed by atoms with E-state index in [9.17, 15) is 14.4 Å². The lowest BCUT2D eigenvalue weighted by Crippen LogP contribution is -2.48. The third-order valence-corrected chi connectivity index (χ3v) is 7.83. The molecule has 2 aliphatic carbocycles. The van der Waals surface area contributed by atoms with Crippen molar-refractivity contribution in [3.05, 3.63) is 66.2 Å². The molecule has 2 aromatic carbocycles. The number of imide groups is 1. The Kier molecular flexibility index (Phi) is 4.94. The number of fused-ring (bicyclic) bond motifs is 5. The van der Waals surface area contributed by atoms with Gasteiger partial charge in [0.05, 0.1) is 24.6 Å². The Hall–Kier alpha value is -3.61. The summed E-state index contributed by atoms with van der Waals surface area (Å²) in [5, 5.41) is 0. The van der Waals surface area contributed by atoms with E-state index in [1.807, 2.05) is 29.2 Å². The molecule has 0 radical (unpaired) electrons. The highest BCUT2D eigenvalue weighted by molar-refractivity contribution is 6.23. The van der Waals surface area contributed by atoms with Crippen molar-refractivity contribution in [2.24, 2.45) is 23.7 Å². The number of carbonyl (C=O) groups is 3. The summed E-state index contributed by atoms with van der Waals surface area (Å²) in [6, 6.07) is 14.9. The minimum atomic E-state index is -0.243. The van der Waals surface area contributed by atoms with E-state index >= 15 is 0 Å². The predicted molar refractivity (Wildman–Crippen MR) is 128 cm³/mol. The van der Waals surface area contributed by atoms with Crippen LogP contribution in [0.5, 0.6) is 5.75 Å². The van der Waals surface area contributed by atoms with Crippen molar-refractivity contribution in [2.45, 2.75) is 6.42 Å². The predicted octanol–water partition coefficient (Wildman–Crippen LogP) is 2.97. The Morgan fingerprint density at radius 1 is 0.853 bits per heavy atom. The van der Waals surface area contributed by atoms with Gasteiger partial charge in [-0.3, -0.25) is 14.4 Å². The van der Waals surface area contributed by atoms with Crippen LogP contribution >= 0.6 is 0 Å². The second-order valence-corrected chi connectivity index (χ2v) is 9.54. The van der Waals surface area contributed by atoms with Crippen molar-refractivity contribution < 1.29 is 19.1 Å². The number of nitrogens with zero attached hydrogens (tertiary/aromatic N) is 3. The maximum Gasteiger partial charge on any atom is 0.254 e. The van der Waals surface area contributed by atoms with Crippen LogP contribution in [-0.2, 0) is 9.59 Å². The summed E-state index contributed by atoms with van der Waals surface area (Å²) in [7, 11) is 1.65. The number of hydrogen-bond acceptors (Lipinski definition) is 5. The summed E-state index contributed by atoms with van der Waals surface area (Å²) in [5.41, 5.74) is 2.12. The van der Waals surface area contributed by atoms with Gasteiger partial charge in [0.2, 0.25) is 11.8 Å². The van der Waals surface area contributed by atoms with Crippen LogP contribution in [-0.4, -0.2) is 55.9 Å². The first-order chi connectivity index (χ1) is 16.5. The Morgan fingerprint density at radius 2 is 1.50 bits per heavy atom. The fourth-order valence-electron chi connectivity index (χ4n) is 6.08. The fraction of sp³-hybridized carbons (Fsp3) is 0.370. The summed E-state index contributed by atoms with van der Waals surface area (Å²) >= 11 is 0. The maximum atomic E-state index is 13.3. The quantitative estimate of drug-likeness (QED) is 0.522. The topological polar surface area (TPSA) is 70.2 Å². The zero-order valence-corrected chi connectivity index (χ0v) is 19.1. The number of piperazine rings is 1. The molecule has 4 atom stereocenters. The molecule has 7 heteroatoms. The van der Waals surface area contributed by atoms with Gasteiger partial charge in [0.1, 0.15) is 5.75 Å². The molecule has 34 heavy (non-hydrogen) atoms. The van der Waals surface area contributed by atoms with E-state index in [2.05, 4.69) is 17.1 Å². The fourth-order valence-corrected chi connectivity index (χ4v) is 6.08. The van der Waals surface area contributed by atoms with Crippen LogP contribution < -0.4 is 14.5 Å². The highest BCUT2D eigenvalue weighted by atomic mass is 16.5. The number of allylic oxidation sites excluding steroid dienone is 2. The van der Waals surface area contributed by atoms with E-state index in [0.29, 0.717) is 24.3 Å². The van der Waals surface area contributed by atoms with Gasteiger partial charge in [-0.25, -0.2) is 4.90 Å². The largest absolute Gasteiger partial charge is 0.497 e. The summed E-state index contributed by atoms with van der Waals surface area (Å²) < 4.78 is 5.23. The second kappa shape index (κ2) is 8.01. The lowest BCUT2D eigenvalue weighted by Gasteiger charge is -2.36. The van der Waals surface area contributed by atoms with Gasteiger partial charge in [-0.1, -0.05) is 18.2 Å². The van der Waals surface area contributed by atoms with Crippen LogP contribution in [0.15, 0.2) is 60.7 Å². The van der Waals surface area contributed by atoms with Crippen LogP contribution in [0.25, 0.3) is 0 Å². The van der Waals surface area contributed by atoms with Gasteiger partial charge in [-0.2, -0.15) is 0 Å². The lowest BCUT2D eigenvalue weighted by molar-refractivity contribution is -0.123. The molecule has 3 fully saturated rings. The van der Waals surface area contributed by atoms with Crippen LogP contribution in [0.3, 0.4) is 0 Å². The Balaban J connectivity index is 1.15. The number of methoxy groups -OCH3 is 1. The molecule has 0 unspecified atom stereocenters. The van der Waals surface area contributed by atoms with Crippen molar-refractivity contribution in [3.63, 3.8) is 0 Å². The highest BCUT2D eigenvalue weighted by Gasteiger charge is 2.59. The Morgan fingerprint density at radius 3 is 2.12 bits per heavy atom. The number of rotatable bonds is 4. The summed E-state index contributed by atoms with van der Waals surface area (Å²) in [5.74, 6) is 0.360. The molecule has 174 valence electrons. The SMILES string of the molecule is COc1ccc(N2CCN(C(=O)c3cccc(N4C(=O)[C@@H]5[C@H](C4=O)[C@H]4C=C[C@H]5C4)c3)CC2)cc1. The molecule has 2 aliphatic heterocycles. The molecule has 0 spiro atoms. The molecule has 1 saturated carbocycles. The minimum Gasteiger partial charge on any atom is -0.497 e. The van der Waals surface area contributed by atoms with Crippen LogP contribution in [0.4, 0.5) is 11.4 Å². The number of ether oxygens (including phenoxy) is 1. The van der Waals surface area contributed by atoms with Crippen molar-refractivity contribution in [1.29, 1.82) is 0 Å². The van der Waals surface area contributed by atoms with Gasteiger partial charge in [-0.15, -0.1) is 0 Å². The lowest BCUT2D eigenvalue weighted by atomic mass is 9.85. The molecule has 2 saturated heterocycles. The number of carbonyl (C=O) groups excluding carboxylic acids is 3. The monoisotopic (exact) mass is 457 g/mol. The average molecular weight is 458 g/mol. The van der Waals surface area contributed by atoms with Crippen molar-refractivity contribution in [1.82, 2.24) is 4.90 Å². The van der Waals surface area contributed by atoms with Crippen molar-refractivity contribution in [3.8, 4) is 5.75 Å². The third kappa shape index (κ3) is 3.22. The van der Waals surface area contributed by atoms with Crippen molar-refractivity contribution in [2.75, 3.05) is 43.1 Å². The summed E-state index contributed by atoms with van der Waals surface area (Å²) in [6.45, 7) is 2.69. The van der Waals surface area contributed by atoms with E-state index in [1.165, 1.54) is 4.90 Å². The highest BCUT2D eigenvalue weighted by Crippen LogP contribution is 2.53. The number of anilines is 2. The first kappa shape index (κ1) is 21.0. The molecule has 2 bridgehead atoms. The number of benzene rings is 2. The van der Waals surface area contributed by atoms with Gasteiger partial charge in [0.25, 0.3) is 5.91 Å². The average Bonchev–Trinajstić information content (AvgIpc) is 3.57. The molecule has 4 aliphatic rings. The Bertz CT molecular complexity index is 1150. The van der Waals surface area contributed by atoms with E-state index in [-0.39, 0.29) is 41.4 Å². The molecule has 0 aromatic heterocycles. The number of hydrogen-bond donors (Lipinski definition) is 0. The molecule has 2 heterocycles. The zero-order valence-electron chi connectivity index (χ0n) is 19.1. The van der Waals surface area contributed by atoms with E-state index in [0.717, 1.165) is 30.9 Å². The van der Waals surface area contributed by atoms with Gasteiger partial charge in [0, 0.05) is 37.4 Å².